The normalized spacial score (nSPS) is 16.4. The third kappa shape index (κ3) is 2.57. The average molecular weight is 246 g/mol. The van der Waals surface area contributed by atoms with Crippen molar-refractivity contribution in [2.45, 2.75) is 12.6 Å². The molecule has 0 saturated heterocycles. The number of aromatic nitrogens is 1. The van der Waals surface area contributed by atoms with Crippen LogP contribution in [0.2, 0.25) is 0 Å². The minimum Gasteiger partial charge on any atom is -0.350 e. The molecule has 1 aliphatic heterocycles. The molecule has 0 saturated carbocycles. The maximum absolute atomic E-state index is 13.5. The predicted molar refractivity (Wildman–Crippen MR) is 55.2 cm³/mol. The van der Waals surface area contributed by atoms with Crippen molar-refractivity contribution in [3.8, 4) is 0 Å². The summed E-state index contributed by atoms with van der Waals surface area (Å²) in [5, 5.41) is 0. The van der Waals surface area contributed by atoms with E-state index in [4.69, 9.17) is 0 Å². The molecule has 0 aliphatic carbocycles. The van der Waals surface area contributed by atoms with Gasteiger partial charge in [0.25, 0.3) is 0 Å². The minimum atomic E-state index is -4.56. The second-order valence-corrected chi connectivity index (χ2v) is 3.73. The molecule has 2 rings (SSSR count). The highest BCUT2D eigenvalue weighted by atomic mass is 19.4. The molecule has 2 nitrogen and oxygen atoms in total. The fraction of sp³-hybridized carbons (Fsp3) is 0.364. The standard InChI is InChI=1S/C11H10F4N2/c12-9-6-8(11(13,14)15)7-16-10(9)17-4-2-1-3-5-17/h1-2,6-7H,3-5H2. The van der Waals surface area contributed by atoms with E-state index in [1.807, 2.05) is 12.2 Å². The monoisotopic (exact) mass is 246 g/mol. The van der Waals surface area contributed by atoms with Crippen LogP contribution in [0.1, 0.15) is 12.0 Å². The van der Waals surface area contributed by atoms with Crippen LogP contribution in [0.25, 0.3) is 0 Å². The second kappa shape index (κ2) is 4.35. The van der Waals surface area contributed by atoms with Crippen molar-refractivity contribution < 1.29 is 17.6 Å². The maximum atomic E-state index is 13.5. The van der Waals surface area contributed by atoms with E-state index >= 15 is 0 Å². The van der Waals surface area contributed by atoms with E-state index < -0.39 is 17.6 Å². The van der Waals surface area contributed by atoms with Crippen molar-refractivity contribution in [1.29, 1.82) is 0 Å². The lowest BCUT2D eigenvalue weighted by atomic mass is 10.2. The van der Waals surface area contributed by atoms with Gasteiger partial charge < -0.3 is 4.90 Å². The first kappa shape index (κ1) is 11.9. The van der Waals surface area contributed by atoms with Crippen LogP contribution in [0.4, 0.5) is 23.4 Å². The molecule has 0 radical (unpaired) electrons. The van der Waals surface area contributed by atoms with Gasteiger partial charge in [-0.25, -0.2) is 9.37 Å². The summed E-state index contributed by atoms with van der Waals surface area (Å²) in [6, 6.07) is 0.487. The van der Waals surface area contributed by atoms with Crippen molar-refractivity contribution in [3.05, 3.63) is 35.8 Å². The van der Waals surface area contributed by atoms with E-state index in [1.165, 1.54) is 0 Å². The van der Waals surface area contributed by atoms with E-state index in [0.29, 0.717) is 25.4 Å². The Hall–Kier alpha value is -1.59. The molecule has 92 valence electrons. The van der Waals surface area contributed by atoms with Crippen LogP contribution >= 0.6 is 0 Å². The molecule has 17 heavy (non-hydrogen) atoms. The lowest BCUT2D eigenvalue weighted by molar-refractivity contribution is -0.138. The van der Waals surface area contributed by atoms with Crippen LogP contribution in [0.15, 0.2) is 24.4 Å². The summed E-state index contributed by atoms with van der Waals surface area (Å²) in [5.41, 5.74) is -1.06. The van der Waals surface area contributed by atoms with Gasteiger partial charge in [0.05, 0.1) is 5.56 Å². The first-order valence-electron chi connectivity index (χ1n) is 5.11. The zero-order valence-electron chi connectivity index (χ0n) is 8.84. The summed E-state index contributed by atoms with van der Waals surface area (Å²) in [7, 11) is 0. The summed E-state index contributed by atoms with van der Waals surface area (Å²) in [6.45, 7) is 1.03. The molecule has 0 atom stereocenters. The Balaban J connectivity index is 2.28. The smallest absolute Gasteiger partial charge is 0.350 e. The molecule has 0 unspecified atom stereocenters. The van der Waals surface area contributed by atoms with Gasteiger partial charge >= 0.3 is 6.18 Å². The number of halogens is 4. The van der Waals surface area contributed by atoms with E-state index in [0.717, 1.165) is 6.42 Å². The molecule has 0 bridgehead atoms. The quantitative estimate of drug-likeness (QED) is 0.559. The Morgan fingerprint density at radius 2 is 2.00 bits per heavy atom. The molecular formula is C11H10F4N2. The summed E-state index contributed by atoms with van der Waals surface area (Å²) in [6.07, 6.45) is 0.619. The van der Waals surface area contributed by atoms with Crippen molar-refractivity contribution >= 4 is 5.82 Å². The maximum Gasteiger partial charge on any atom is 0.417 e. The number of rotatable bonds is 1. The van der Waals surface area contributed by atoms with Gasteiger partial charge in [0.2, 0.25) is 0 Å². The fourth-order valence-corrected chi connectivity index (χ4v) is 1.65. The molecule has 0 N–H and O–H groups in total. The topological polar surface area (TPSA) is 16.1 Å². The van der Waals surface area contributed by atoms with E-state index in [9.17, 15) is 17.6 Å². The van der Waals surface area contributed by atoms with Gasteiger partial charge in [-0.15, -0.1) is 0 Å². The van der Waals surface area contributed by atoms with E-state index in [2.05, 4.69) is 4.98 Å². The fourth-order valence-electron chi connectivity index (χ4n) is 1.65. The SMILES string of the molecule is Fc1cc(C(F)(F)F)cnc1N1CC=CCC1. The average Bonchev–Trinajstić information content (AvgIpc) is 2.29. The summed E-state index contributed by atoms with van der Waals surface area (Å²) >= 11 is 0. The Bertz CT molecular complexity index is 440. The number of anilines is 1. The minimum absolute atomic E-state index is 0.0256. The molecule has 0 aromatic carbocycles. The van der Waals surface area contributed by atoms with E-state index in [-0.39, 0.29) is 5.82 Å². The van der Waals surface area contributed by atoms with Crippen molar-refractivity contribution in [3.63, 3.8) is 0 Å². The number of nitrogens with zero attached hydrogens (tertiary/aromatic N) is 2. The van der Waals surface area contributed by atoms with Crippen LogP contribution in [-0.2, 0) is 6.18 Å². The third-order valence-corrected chi connectivity index (χ3v) is 2.51. The Labute approximate surface area is 95.6 Å². The number of pyridine rings is 1. The van der Waals surface area contributed by atoms with Gasteiger partial charge in [-0.3, -0.25) is 0 Å². The first-order valence-corrected chi connectivity index (χ1v) is 5.11. The number of hydrogen-bond acceptors (Lipinski definition) is 2. The Morgan fingerprint density at radius 3 is 2.53 bits per heavy atom. The summed E-state index contributed by atoms with van der Waals surface area (Å²) in [4.78, 5) is 5.17. The number of alkyl halides is 3. The van der Waals surface area contributed by atoms with Gasteiger partial charge in [0.1, 0.15) is 0 Å². The molecular weight excluding hydrogens is 236 g/mol. The van der Waals surface area contributed by atoms with Crippen LogP contribution in [0.3, 0.4) is 0 Å². The molecule has 0 spiro atoms. The number of hydrogen-bond donors (Lipinski definition) is 0. The van der Waals surface area contributed by atoms with Crippen LogP contribution < -0.4 is 4.90 Å². The molecule has 1 aromatic rings. The van der Waals surface area contributed by atoms with Gasteiger partial charge in [0, 0.05) is 19.3 Å². The van der Waals surface area contributed by atoms with Crippen molar-refractivity contribution in [2.75, 3.05) is 18.0 Å². The van der Waals surface area contributed by atoms with Gasteiger partial charge in [0.15, 0.2) is 11.6 Å². The first-order chi connectivity index (χ1) is 7.98. The molecule has 6 heteroatoms. The van der Waals surface area contributed by atoms with Crippen molar-refractivity contribution in [2.24, 2.45) is 0 Å². The van der Waals surface area contributed by atoms with Gasteiger partial charge in [-0.2, -0.15) is 13.2 Å². The lowest BCUT2D eigenvalue weighted by Crippen LogP contribution is -2.28. The van der Waals surface area contributed by atoms with E-state index in [1.54, 1.807) is 4.90 Å². The highest BCUT2D eigenvalue weighted by Gasteiger charge is 2.32. The zero-order chi connectivity index (χ0) is 12.5. The van der Waals surface area contributed by atoms with Crippen LogP contribution in [0.5, 0.6) is 0 Å². The van der Waals surface area contributed by atoms with Gasteiger partial charge in [-0.05, 0) is 12.5 Å². The van der Waals surface area contributed by atoms with Crippen LogP contribution in [-0.4, -0.2) is 18.1 Å². The summed E-state index contributed by atoms with van der Waals surface area (Å²) < 4.78 is 50.5. The molecule has 1 aromatic heterocycles. The lowest BCUT2D eigenvalue weighted by Gasteiger charge is -2.25. The molecule has 2 heterocycles. The zero-order valence-corrected chi connectivity index (χ0v) is 8.84. The van der Waals surface area contributed by atoms with Crippen molar-refractivity contribution in [1.82, 2.24) is 4.98 Å². The molecule has 0 fully saturated rings. The highest BCUT2D eigenvalue weighted by molar-refractivity contribution is 5.43. The Kier molecular flexibility index (Phi) is 3.04. The molecule has 1 aliphatic rings. The molecule has 0 amide bonds. The third-order valence-electron chi connectivity index (χ3n) is 2.51. The Morgan fingerprint density at radius 1 is 1.24 bits per heavy atom. The summed E-state index contributed by atoms with van der Waals surface area (Å²) in [5.74, 6) is -0.961. The highest BCUT2D eigenvalue weighted by Crippen LogP contribution is 2.31. The van der Waals surface area contributed by atoms with Gasteiger partial charge in [-0.1, -0.05) is 12.2 Å². The largest absolute Gasteiger partial charge is 0.417 e. The second-order valence-electron chi connectivity index (χ2n) is 3.73. The van der Waals surface area contributed by atoms with Crippen LogP contribution in [0, 0.1) is 5.82 Å². The predicted octanol–water partition coefficient (Wildman–Crippen LogP) is 3.01.